The van der Waals surface area contributed by atoms with Crippen LogP contribution in [0.5, 0.6) is 0 Å². The summed E-state index contributed by atoms with van der Waals surface area (Å²) in [6, 6.07) is 3.80. The molecule has 0 spiro atoms. The molecule has 120 valence electrons. The number of pyridine rings is 1. The predicted octanol–water partition coefficient (Wildman–Crippen LogP) is 1.65. The molecule has 0 amide bonds. The molecular weight excluding hydrogens is 292 g/mol. The molecule has 0 atom stereocenters. The third-order valence-electron chi connectivity index (χ3n) is 4.56. The number of aliphatic hydroxyl groups is 1. The second-order valence-corrected chi connectivity index (χ2v) is 6.70. The molecule has 3 heterocycles. The van der Waals surface area contributed by atoms with Crippen LogP contribution >= 0.6 is 0 Å². The van der Waals surface area contributed by atoms with Crippen LogP contribution in [0.25, 0.3) is 5.65 Å². The van der Waals surface area contributed by atoms with Gasteiger partial charge >= 0.3 is 0 Å². The maximum absolute atomic E-state index is 10.4. The van der Waals surface area contributed by atoms with E-state index in [4.69, 9.17) is 0 Å². The molecular formula is C16H20N6O. The van der Waals surface area contributed by atoms with Crippen molar-refractivity contribution in [3.63, 3.8) is 0 Å². The molecule has 7 nitrogen and oxygen atoms in total. The fourth-order valence-corrected chi connectivity index (χ4v) is 3.06. The van der Waals surface area contributed by atoms with Crippen molar-refractivity contribution in [3.8, 4) is 0 Å². The minimum atomic E-state index is -0.967. The lowest BCUT2D eigenvalue weighted by Crippen LogP contribution is -2.19. The minimum Gasteiger partial charge on any atom is -0.386 e. The van der Waals surface area contributed by atoms with Crippen LogP contribution in [0, 0.1) is 0 Å². The van der Waals surface area contributed by atoms with Crippen LogP contribution in [0.2, 0.25) is 0 Å². The lowest BCUT2D eigenvalue weighted by molar-refractivity contribution is 0.0796. The summed E-state index contributed by atoms with van der Waals surface area (Å²) >= 11 is 0. The van der Waals surface area contributed by atoms with Gasteiger partial charge in [-0.15, -0.1) is 10.2 Å². The van der Waals surface area contributed by atoms with Crippen LogP contribution in [-0.4, -0.2) is 34.5 Å². The molecule has 3 aromatic rings. The van der Waals surface area contributed by atoms with E-state index in [0.29, 0.717) is 5.65 Å². The average molecular weight is 312 g/mol. The van der Waals surface area contributed by atoms with Gasteiger partial charge in [-0.05, 0) is 39.7 Å². The summed E-state index contributed by atoms with van der Waals surface area (Å²) in [5.74, 6) is 1.66. The summed E-state index contributed by atoms with van der Waals surface area (Å²) < 4.78 is 3.80. The zero-order valence-corrected chi connectivity index (χ0v) is 13.6. The quantitative estimate of drug-likeness (QED) is 0.792. The Balaban J connectivity index is 1.87. The second kappa shape index (κ2) is 4.61. The van der Waals surface area contributed by atoms with Gasteiger partial charge in [-0.1, -0.05) is 6.07 Å². The molecule has 4 rings (SSSR count). The van der Waals surface area contributed by atoms with Crippen molar-refractivity contribution in [1.82, 2.24) is 29.4 Å². The Morgan fingerprint density at radius 3 is 2.70 bits per heavy atom. The fraction of sp³-hybridized carbons (Fsp3) is 0.500. The van der Waals surface area contributed by atoms with Crippen LogP contribution in [0.15, 0.2) is 24.7 Å². The fourth-order valence-electron chi connectivity index (χ4n) is 3.06. The molecule has 1 N–H and O–H groups in total. The standard InChI is InChI=1S/C16H20N6O/c1-4-21-10-17-13(20-21)16(7-8-16)14-19-18-12-11(15(2,3)23)6-5-9-22(12)14/h5-6,9-10,23H,4,7-8H2,1-3H3. The average Bonchev–Trinajstić information content (AvgIpc) is 3.00. The van der Waals surface area contributed by atoms with Crippen molar-refractivity contribution in [3.05, 3.63) is 41.9 Å². The Labute approximate surface area is 134 Å². The molecule has 0 unspecified atom stereocenters. The van der Waals surface area contributed by atoms with Gasteiger partial charge in [-0.3, -0.25) is 9.08 Å². The monoisotopic (exact) mass is 312 g/mol. The number of hydrogen-bond acceptors (Lipinski definition) is 5. The Morgan fingerprint density at radius 2 is 2.09 bits per heavy atom. The number of nitrogens with zero attached hydrogens (tertiary/aromatic N) is 6. The molecule has 0 bridgehead atoms. The van der Waals surface area contributed by atoms with E-state index in [2.05, 4.69) is 20.3 Å². The first-order chi connectivity index (χ1) is 11.0. The number of hydrogen-bond donors (Lipinski definition) is 1. The van der Waals surface area contributed by atoms with E-state index in [1.807, 2.05) is 34.3 Å². The van der Waals surface area contributed by atoms with Crippen molar-refractivity contribution in [2.75, 3.05) is 0 Å². The molecule has 7 heteroatoms. The van der Waals surface area contributed by atoms with Gasteiger partial charge < -0.3 is 5.11 Å². The van der Waals surface area contributed by atoms with Gasteiger partial charge in [-0.25, -0.2) is 4.98 Å². The third kappa shape index (κ3) is 2.07. The highest BCUT2D eigenvalue weighted by Gasteiger charge is 2.53. The molecule has 1 saturated carbocycles. The summed E-state index contributed by atoms with van der Waals surface area (Å²) in [4.78, 5) is 4.48. The van der Waals surface area contributed by atoms with Crippen molar-refractivity contribution in [2.24, 2.45) is 0 Å². The summed E-state index contributed by atoms with van der Waals surface area (Å²) in [6.07, 6.45) is 5.64. The smallest absolute Gasteiger partial charge is 0.166 e. The van der Waals surface area contributed by atoms with Gasteiger partial charge in [0.25, 0.3) is 0 Å². The van der Waals surface area contributed by atoms with E-state index < -0.39 is 5.60 Å². The van der Waals surface area contributed by atoms with Gasteiger partial charge in [0.1, 0.15) is 6.33 Å². The molecule has 0 saturated heterocycles. The second-order valence-electron chi connectivity index (χ2n) is 6.70. The summed E-state index contributed by atoms with van der Waals surface area (Å²) in [5.41, 5.74) is 0.238. The summed E-state index contributed by atoms with van der Waals surface area (Å²) in [6.45, 7) is 6.36. The maximum atomic E-state index is 10.4. The number of rotatable bonds is 4. The summed E-state index contributed by atoms with van der Waals surface area (Å²) in [7, 11) is 0. The molecule has 3 aromatic heterocycles. The molecule has 0 radical (unpaired) electrons. The normalized spacial score (nSPS) is 16.9. The van der Waals surface area contributed by atoms with Crippen molar-refractivity contribution >= 4 is 5.65 Å². The molecule has 0 aromatic carbocycles. The van der Waals surface area contributed by atoms with E-state index >= 15 is 0 Å². The lowest BCUT2D eigenvalue weighted by atomic mass is 9.99. The van der Waals surface area contributed by atoms with Gasteiger partial charge in [-0.2, -0.15) is 5.10 Å². The van der Waals surface area contributed by atoms with Crippen LogP contribution in [0.3, 0.4) is 0 Å². The van der Waals surface area contributed by atoms with Crippen molar-refractivity contribution in [2.45, 2.75) is 51.2 Å². The van der Waals surface area contributed by atoms with Crippen molar-refractivity contribution in [1.29, 1.82) is 0 Å². The number of fused-ring (bicyclic) bond motifs is 1. The van der Waals surface area contributed by atoms with Crippen molar-refractivity contribution < 1.29 is 5.11 Å². The Morgan fingerprint density at radius 1 is 1.30 bits per heavy atom. The van der Waals surface area contributed by atoms with Crippen LogP contribution in [0.4, 0.5) is 0 Å². The van der Waals surface area contributed by atoms with Gasteiger partial charge in [0.2, 0.25) is 0 Å². The van der Waals surface area contributed by atoms with Gasteiger partial charge in [0, 0.05) is 18.3 Å². The first-order valence-electron chi connectivity index (χ1n) is 7.93. The molecule has 0 aliphatic heterocycles. The largest absolute Gasteiger partial charge is 0.386 e. The molecule has 1 fully saturated rings. The van der Waals surface area contributed by atoms with E-state index in [9.17, 15) is 5.11 Å². The highest BCUT2D eigenvalue weighted by Crippen LogP contribution is 2.51. The van der Waals surface area contributed by atoms with E-state index in [-0.39, 0.29) is 5.41 Å². The summed E-state index contributed by atoms with van der Waals surface area (Å²) in [5, 5.41) is 23.7. The SMILES string of the molecule is CCn1cnc(C2(c3nnc4c(C(C)(C)O)cccn34)CC2)n1. The maximum Gasteiger partial charge on any atom is 0.166 e. The minimum absolute atomic E-state index is 0.252. The van der Waals surface area contributed by atoms with Crippen LogP contribution in [0.1, 0.15) is 50.8 Å². The van der Waals surface area contributed by atoms with Crippen LogP contribution < -0.4 is 0 Å². The van der Waals surface area contributed by atoms with E-state index in [1.165, 1.54) is 0 Å². The highest BCUT2D eigenvalue weighted by molar-refractivity contribution is 5.52. The van der Waals surface area contributed by atoms with Crippen LogP contribution in [-0.2, 0) is 17.6 Å². The Hall–Kier alpha value is -2.28. The lowest BCUT2D eigenvalue weighted by Gasteiger charge is -2.18. The number of aryl methyl sites for hydroxylation is 1. The number of aromatic nitrogens is 6. The Kier molecular flexibility index (Phi) is 2.87. The van der Waals surface area contributed by atoms with Gasteiger partial charge in [0.15, 0.2) is 17.3 Å². The molecule has 1 aliphatic carbocycles. The zero-order chi connectivity index (χ0) is 16.2. The highest BCUT2D eigenvalue weighted by atomic mass is 16.3. The first kappa shape index (κ1) is 14.3. The topological polar surface area (TPSA) is 81.1 Å². The van der Waals surface area contributed by atoms with Gasteiger partial charge in [0.05, 0.1) is 11.0 Å². The van der Waals surface area contributed by atoms with E-state index in [0.717, 1.165) is 36.6 Å². The Bertz CT molecular complexity index is 868. The third-order valence-corrected chi connectivity index (χ3v) is 4.56. The molecule has 1 aliphatic rings. The van der Waals surface area contributed by atoms with E-state index in [1.54, 1.807) is 20.2 Å². The first-order valence-corrected chi connectivity index (χ1v) is 7.93. The molecule has 23 heavy (non-hydrogen) atoms. The zero-order valence-electron chi connectivity index (χ0n) is 13.6. The predicted molar refractivity (Wildman–Crippen MR) is 83.9 cm³/mol.